The normalized spacial score (nSPS) is 23.0. The van der Waals surface area contributed by atoms with Crippen LogP contribution in [-0.2, 0) is 4.79 Å². The molecule has 1 saturated carbocycles. The van der Waals surface area contributed by atoms with E-state index in [4.69, 9.17) is 0 Å². The zero-order valence-corrected chi connectivity index (χ0v) is 7.91. The Hall–Kier alpha value is 0.150. The number of ketones is 1. The van der Waals surface area contributed by atoms with Gasteiger partial charge in [0, 0.05) is 5.41 Å². The molecule has 0 amide bonds. The molecule has 58 valence electrons. The molecule has 0 spiro atoms. The van der Waals surface area contributed by atoms with E-state index in [1.54, 1.807) is 0 Å². The summed E-state index contributed by atoms with van der Waals surface area (Å²) in [4.78, 5) is 11.3. The Morgan fingerprint density at radius 3 is 2.40 bits per heavy atom. The van der Waals surface area contributed by atoms with Gasteiger partial charge in [-0.15, -0.1) is 0 Å². The van der Waals surface area contributed by atoms with Gasteiger partial charge >= 0.3 is 0 Å². The lowest BCUT2D eigenvalue weighted by Crippen LogP contribution is -2.24. The third-order valence-corrected chi connectivity index (χ3v) is 3.01. The number of alkyl halides is 1. The van der Waals surface area contributed by atoms with Crippen LogP contribution < -0.4 is 0 Å². The SMILES string of the molecule is CC1(C(=O)CBr)CCCC1. The molecule has 0 unspecified atom stereocenters. The van der Waals surface area contributed by atoms with Crippen molar-refractivity contribution < 1.29 is 4.79 Å². The van der Waals surface area contributed by atoms with E-state index in [2.05, 4.69) is 22.9 Å². The second kappa shape index (κ2) is 3.04. The van der Waals surface area contributed by atoms with Gasteiger partial charge in [0.2, 0.25) is 0 Å². The lowest BCUT2D eigenvalue weighted by atomic mass is 9.85. The Kier molecular flexibility index (Phi) is 2.50. The first-order valence-electron chi connectivity index (χ1n) is 3.78. The fourth-order valence-corrected chi connectivity index (χ4v) is 2.27. The van der Waals surface area contributed by atoms with Crippen LogP contribution in [0.1, 0.15) is 32.6 Å². The molecule has 2 heteroatoms. The summed E-state index contributed by atoms with van der Waals surface area (Å²) in [5.41, 5.74) is 0.0174. The van der Waals surface area contributed by atoms with Gasteiger partial charge < -0.3 is 0 Å². The highest BCUT2D eigenvalue weighted by molar-refractivity contribution is 9.09. The van der Waals surface area contributed by atoms with Gasteiger partial charge in [0.1, 0.15) is 5.78 Å². The van der Waals surface area contributed by atoms with Crippen molar-refractivity contribution in [3.05, 3.63) is 0 Å². The quantitative estimate of drug-likeness (QED) is 0.633. The zero-order valence-electron chi connectivity index (χ0n) is 6.32. The predicted molar refractivity (Wildman–Crippen MR) is 45.4 cm³/mol. The highest BCUT2D eigenvalue weighted by atomic mass is 79.9. The van der Waals surface area contributed by atoms with Gasteiger partial charge in [-0.05, 0) is 12.8 Å². The molecule has 0 radical (unpaired) electrons. The molecule has 0 aromatic heterocycles. The van der Waals surface area contributed by atoms with E-state index in [-0.39, 0.29) is 5.41 Å². The summed E-state index contributed by atoms with van der Waals surface area (Å²) in [6, 6.07) is 0. The fourth-order valence-electron chi connectivity index (χ4n) is 1.60. The largest absolute Gasteiger partial charge is 0.298 e. The second-order valence-corrected chi connectivity index (χ2v) is 3.89. The third kappa shape index (κ3) is 1.42. The van der Waals surface area contributed by atoms with Crippen molar-refractivity contribution in [1.82, 2.24) is 0 Å². The van der Waals surface area contributed by atoms with E-state index >= 15 is 0 Å². The van der Waals surface area contributed by atoms with Crippen LogP contribution >= 0.6 is 15.9 Å². The van der Waals surface area contributed by atoms with E-state index in [1.165, 1.54) is 12.8 Å². The smallest absolute Gasteiger partial charge is 0.149 e. The maximum atomic E-state index is 11.3. The fraction of sp³-hybridized carbons (Fsp3) is 0.875. The van der Waals surface area contributed by atoms with E-state index in [0.29, 0.717) is 11.1 Å². The van der Waals surface area contributed by atoms with Gasteiger partial charge in [0.15, 0.2) is 0 Å². The average Bonchev–Trinajstić information content (AvgIpc) is 2.36. The summed E-state index contributed by atoms with van der Waals surface area (Å²) >= 11 is 3.21. The molecular weight excluding hydrogens is 192 g/mol. The third-order valence-electron chi connectivity index (χ3n) is 2.50. The van der Waals surface area contributed by atoms with Gasteiger partial charge in [-0.3, -0.25) is 4.79 Å². The summed E-state index contributed by atoms with van der Waals surface area (Å²) in [6.45, 7) is 2.09. The molecule has 0 saturated heterocycles. The molecule has 1 aliphatic carbocycles. The maximum absolute atomic E-state index is 11.3. The summed E-state index contributed by atoms with van der Waals surface area (Å²) < 4.78 is 0. The number of hydrogen-bond acceptors (Lipinski definition) is 1. The van der Waals surface area contributed by atoms with Crippen LogP contribution in [0.15, 0.2) is 0 Å². The van der Waals surface area contributed by atoms with Crippen molar-refractivity contribution in [2.45, 2.75) is 32.6 Å². The monoisotopic (exact) mass is 204 g/mol. The first-order valence-corrected chi connectivity index (χ1v) is 4.90. The van der Waals surface area contributed by atoms with Crippen molar-refractivity contribution in [3.8, 4) is 0 Å². The highest BCUT2D eigenvalue weighted by Crippen LogP contribution is 2.38. The molecule has 0 aromatic carbocycles. The van der Waals surface area contributed by atoms with Crippen LogP contribution in [0.25, 0.3) is 0 Å². The average molecular weight is 205 g/mol. The second-order valence-electron chi connectivity index (χ2n) is 3.32. The predicted octanol–water partition coefficient (Wildman–Crippen LogP) is 2.53. The lowest BCUT2D eigenvalue weighted by molar-refractivity contribution is -0.124. The minimum Gasteiger partial charge on any atom is -0.298 e. The van der Waals surface area contributed by atoms with Gasteiger partial charge in [0.25, 0.3) is 0 Å². The van der Waals surface area contributed by atoms with E-state index < -0.39 is 0 Å². The van der Waals surface area contributed by atoms with Gasteiger partial charge in [-0.2, -0.15) is 0 Å². The van der Waals surface area contributed by atoms with Crippen molar-refractivity contribution in [3.63, 3.8) is 0 Å². The molecule has 0 N–H and O–H groups in total. The maximum Gasteiger partial charge on any atom is 0.149 e. The van der Waals surface area contributed by atoms with E-state index in [1.807, 2.05) is 0 Å². The van der Waals surface area contributed by atoms with Crippen LogP contribution in [0.3, 0.4) is 0 Å². The first-order chi connectivity index (χ1) is 4.69. The van der Waals surface area contributed by atoms with Crippen molar-refractivity contribution in [2.24, 2.45) is 5.41 Å². The Bertz CT molecular complexity index is 136. The highest BCUT2D eigenvalue weighted by Gasteiger charge is 2.34. The summed E-state index contributed by atoms with van der Waals surface area (Å²) in [5, 5.41) is 0.531. The Morgan fingerprint density at radius 2 is 2.00 bits per heavy atom. The van der Waals surface area contributed by atoms with Crippen LogP contribution in [0.5, 0.6) is 0 Å². The topological polar surface area (TPSA) is 17.1 Å². The summed E-state index contributed by atoms with van der Waals surface area (Å²) in [7, 11) is 0. The Labute approximate surface area is 70.3 Å². The number of Topliss-reactive ketones (excluding diaryl/α,β-unsaturated/α-hetero) is 1. The first kappa shape index (κ1) is 8.25. The number of halogens is 1. The molecule has 10 heavy (non-hydrogen) atoms. The molecule has 0 heterocycles. The Balaban J connectivity index is 2.58. The molecule has 0 bridgehead atoms. The summed E-state index contributed by atoms with van der Waals surface area (Å²) in [6.07, 6.45) is 4.65. The van der Waals surface area contributed by atoms with Crippen LogP contribution in [0, 0.1) is 5.41 Å². The molecule has 0 atom stereocenters. The molecule has 1 fully saturated rings. The van der Waals surface area contributed by atoms with E-state index in [0.717, 1.165) is 12.8 Å². The van der Waals surface area contributed by atoms with Gasteiger partial charge in [0.05, 0.1) is 5.33 Å². The van der Waals surface area contributed by atoms with E-state index in [9.17, 15) is 4.79 Å². The van der Waals surface area contributed by atoms with Crippen LogP contribution in [0.4, 0.5) is 0 Å². The number of carbonyl (C=O) groups excluding carboxylic acids is 1. The number of hydrogen-bond donors (Lipinski definition) is 0. The van der Waals surface area contributed by atoms with Crippen molar-refractivity contribution in [2.75, 3.05) is 5.33 Å². The number of rotatable bonds is 2. The van der Waals surface area contributed by atoms with Crippen LogP contribution in [0.2, 0.25) is 0 Å². The molecule has 1 rings (SSSR count). The molecule has 1 aliphatic rings. The van der Waals surface area contributed by atoms with Crippen molar-refractivity contribution in [1.29, 1.82) is 0 Å². The minimum absolute atomic E-state index is 0.0174. The van der Waals surface area contributed by atoms with Crippen LogP contribution in [-0.4, -0.2) is 11.1 Å². The number of carbonyl (C=O) groups is 1. The van der Waals surface area contributed by atoms with Crippen molar-refractivity contribution >= 4 is 21.7 Å². The molecule has 1 nitrogen and oxygen atoms in total. The standard InChI is InChI=1S/C8H13BrO/c1-8(7(10)6-9)4-2-3-5-8/h2-6H2,1H3. The molecule has 0 aromatic rings. The minimum atomic E-state index is 0.0174. The van der Waals surface area contributed by atoms with Gasteiger partial charge in [-0.1, -0.05) is 35.7 Å². The van der Waals surface area contributed by atoms with Gasteiger partial charge in [-0.25, -0.2) is 0 Å². The zero-order chi connectivity index (χ0) is 7.61. The molecular formula is C8H13BrO. The lowest BCUT2D eigenvalue weighted by Gasteiger charge is -2.19. The Morgan fingerprint density at radius 1 is 1.50 bits per heavy atom. The molecule has 0 aliphatic heterocycles. The summed E-state index contributed by atoms with van der Waals surface area (Å²) in [5.74, 6) is 0.380.